The highest BCUT2D eigenvalue weighted by Crippen LogP contribution is 2.32. The normalized spacial score (nSPS) is 12.2. The van der Waals surface area contributed by atoms with Gasteiger partial charge in [-0.15, -0.1) is 0 Å². The van der Waals surface area contributed by atoms with E-state index < -0.39 is 17.7 Å². The van der Waals surface area contributed by atoms with E-state index in [2.05, 4.69) is 19.2 Å². The predicted octanol–water partition coefficient (Wildman–Crippen LogP) is 5.82. The summed E-state index contributed by atoms with van der Waals surface area (Å²) in [5, 5.41) is 2.86. The van der Waals surface area contributed by atoms with Crippen LogP contribution < -0.4 is 5.32 Å². The van der Waals surface area contributed by atoms with Gasteiger partial charge < -0.3 is 57.4 Å². The summed E-state index contributed by atoms with van der Waals surface area (Å²) < 4.78 is 99.2. The Labute approximate surface area is 323 Å². The molecule has 55 heavy (non-hydrogen) atoms. The van der Waals surface area contributed by atoms with Crippen molar-refractivity contribution in [2.24, 2.45) is 5.92 Å². The van der Waals surface area contributed by atoms with Crippen LogP contribution >= 0.6 is 0 Å². The Morgan fingerprint density at radius 1 is 0.564 bits per heavy atom. The first-order valence-electron chi connectivity index (χ1n) is 18.8. The van der Waals surface area contributed by atoms with Gasteiger partial charge in [-0.1, -0.05) is 38.5 Å². The molecule has 0 radical (unpaired) electrons. The van der Waals surface area contributed by atoms with Crippen LogP contribution in [0.1, 0.15) is 36.2 Å². The van der Waals surface area contributed by atoms with Gasteiger partial charge in [-0.05, 0) is 36.2 Å². The first kappa shape index (κ1) is 48.2. The number of carbonyl (C=O) groups excluding carboxylic acids is 1. The highest BCUT2D eigenvalue weighted by molar-refractivity contribution is 5.96. The summed E-state index contributed by atoms with van der Waals surface area (Å²) in [6, 6.07) is 11.1. The van der Waals surface area contributed by atoms with Gasteiger partial charge in [0.15, 0.2) is 0 Å². The zero-order chi connectivity index (χ0) is 39.7. The van der Waals surface area contributed by atoms with Crippen LogP contribution in [-0.2, 0) is 58.3 Å². The molecule has 0 aromatic heterocycles. The lowest BCUT2D eigenvalue weighted by Gasteiger charge is -2.13. The molecule has 0 bridgehead atoms. The molecule has 0 saturated carbocycles. The lowest BCUT2D eigenvalue weighted by Crippen LogP contribution is -2.16. The molecule has 314 valence electrons. The van der Waals surface area contributed by atoms with Gasteiger partial charge in [0.25, 0.3) is 0 Å². The third kappa shape index (κ3) is 25.8. The number of benzene rings is 2. The minimum absolute atomic E-state index is 0.00115. The Morgan fingerprint density at radius 2 is 0.964 bits per heavy atom. The summed E-state index contributed by atoms with van der Waals surface area (Å²) >= 11 is 0. The number of esters is 1. The van der Waals surface area contributed by atoms with Crippen LogP contribution in [0.25, 0.3) is 0 Å². The zero-order valence-electron chi connectivity index (χ0n) is 32.3. The SMILES string of the molecule is CCC(C)COCCOCCOCCOCCOCCOCCOCCOCCOCCOCCOC(=O)c1ccccc1Nc1cccc(C(F)(F)F)c1. The molecule has 0 heterocycles. The van der Waals surface area contributed by atoms with Crippen LogP contribution in [0.2, 0.25) is 0 Å². The molecule has 0 aliphatic carbocycles. The Morgan fingerprint density at radius 3 is 1.38 bits per heavy atom. The van der Waals surface area contributed by atoms with Crippen LogP contribution in [0.3, 0.4) is 0 Å². The molecule has 0 aliphatic rings. The Hall–Kier alpha value is -2.90. The molecule has 13 nitrogen and oxygen atoms in total. The maximum Gasteiger partial charge on any atom is 0.416 e. The smallest absolute Gasteiger partial charge is 0.416 e. The molecule has 0 saturated heterocycles. The van der Waals surface area contributed by atoms with Crippen molar-refractivity contribution in [2.45, 2.75) is 26.4 Å². The number of alkyl halides is 3. The number of hydrogen-bond donors (Lipinski definition) is 1. The summed E-state index contributed by atoms with van der Waals surface area (Å²) in [7, 11) is 0. The fourth-order valence-electron chi connectivity index (χ4n) is 4.35. The number of rotatable bonds is 36. The molecular formula is C39H60F3NO12. The van der Waals surface area contributed by atoms with Crippen molar-refractivity contribution < 1.29 is 70.1 Å². The molecule has 2 aromatic rings. The quantitative estimate of drug-likeness (QED) is 0.0658. The minimum atomic E-state index is -4.48. The van der Waals surface area contributed by atoms with Crippen molar-refractivity contribution in [3.8, 4) is 0 Å². The number of hydrogen-bond acceptors (Lipinski definition) is 13. The van der Waals surface area contributed by atoms with Gasteiger partial charge in [0, 0.05) is 12.3 Å². The second kappa shape index (κ2) is 32.2. The van der Waals surface area contributed by atoms with Gasteiger partial charge in [0.05, 0.1) is 142 Å². The molecule has 2 aromatic carbocycles. The number of halogens is 3. The van der Waals surface area contributed by atoms with E-state index in [1.165, 1.54) is 18.2 Å². The molecule has 0 aliphatic heterocycles. The average molecular weight is 792 g/mol. The van der Waals surface area contributed by atoms with Crippen LogP contribution in [-0.4, -0.2) is 145 Å². The fraction of sp³-hybridized carbons (Fsp3) is 0.667. The summed E-state index contributed by atoms with van der Waals surface area (Å²) in [5.41, 5.74) is -0.0884. The van der Waals surface area contributed by atoms with Crippen molar-refractivity contribution in [2.75, 3.05) is 144 Å². The standard InChI is InChI=1S/C39H60F3NO12/c1-3-33(2)32-54-28-27-52-24-23-50-20-19-48-16-15-46-12-11-45-13-14-47-17-18-49-21-22-51-25-26-53-29-30-55-38(44)36-9-4-5-10-37(36)43-35-8-6-7-34(31-35)39(40,41)42/h4-10,31,33,43H,3,11-30,32H2,1-2H3. The maximum atomic E-state index is 13.1. The first-order valence-corrected chi connectivity index (χ1v) is 18.8. The van der Waals surface area contributed by atoms with Gasteiger partial charge in [-0.25, -0.2) is 4.79 Å². The van der Waals surface area contributed by atoms with Gasteiger partial charge in [0.1, 0.15) is 6.61 Å². The summed E-state index contributed by atoms with van der Waals surface area (Å²) in [6.45, 7) is 13.7. The molecule has 16 heteroatoms. The summed E-state index contributed by atoms with van der Waals surface area (Å²) in [4.78, 5) is 12.6. The van der Waals surface area contributed by atoms with Gasteiger partial charge in [0.2, 0.25) is 0 Å². The predicted molar refractivity (Wildman–Crippen MR) is 199 cm³/mol. The minimum Gasteiger partial charge on any atom is -0.460 e. The van der Waals surface area contributed by atoms with E-state index >= 15 is 0 Å². The largest absolute Gasteiger partial charge is 0.460 e. The van der Waals surface area contributed by atoms with Crippen LogP contribution in [0.4, 0.5) is 24.5 Å². The molecule has 0 spiro atoms. The van der Waals surface area contributed by atoms with E-state index in [0.29, 0.717) is 131 Å². The first-order chi connectivity index (χ1) is 26.8. The monoisotopic (exact) mass is 791 g/mol. The van der Waals surface area contributed by atoms with E-state index in [0.717, 1.165) is 25.2 Å². The Balaban J connectivity index is 1.28. The number of ether oxygens (including phenoxy) is 11. The van der Waals surface area contributed by atoms with Gasteiger partial charge in [-0.2, -0.15) is 13.2 Å². The topological polar surface area (TPSA) is 131 Å². The summed E-state index contributed by atoms with van der Waals surface area (Å²) in [5.74, 6) is -0.0474. The second-order valence-corrected chi connectivity index (χ2v) is 12.0. The van der Waals surface area contributed by atoms with E-state index in [1.54, 1.807) is 18.2 Å². The van der Waals surface area contributed by atoms with Crippen molar-refractivity contribution in [3.05, 3.63) is 59.7 Å². The Bertz CT molecular complexity index is 1230. The molecule has 1 N–H and O–H groups in total. The second-order valence-electron chi connectivity index (χ2n) is 12.0. The van der Waals surface area contributed by atoms with Gasteiger partial charge >= 0.3 is 12.1 Å². The molecule has 1 atom stereocenters. The van der Waals surface area contributed by atoms with E-state index in [9.17, 15) is 18.0 Å². The van der Waals surface area contributed by atoms with Crippen molar-refractivity contribution in [1.29, 1.82) is 0 Å². The lowest BCUT2D eigenvalue weighted by molar-refractivity contribution is -0.137. The molecule has 1 unspecified atom stereocenters. The third-order valence-electron chi connectivity index (χ3n) is 7.52. The summed E-state index contributed by atoms with van der Waals surface area (Å²) in [6.07, 6.45) is -3.36. The van der Waals surface area contributed by atoms with Crippen LogP contribution in [0.15, 0.2) is 48.5 Å². The van der Waals surface area contributed by atoms with E-state index in [-0.39, 0.29) is 24.5 Å². The zero-order valence-corrected chi connectivity index (χ0v) is 32.3. The van der Waals surface area contributed by atoms with Crippen molar-refractivity contribution in [3.63, 3.8) is 0 Å². The molecule has 2 rings (SSSR count). The molecular weight excluding hydrogens is 731 g/mol. The van der Waals surface area contributed by atoms with E-state index in [1.807, 2.05) is 0 Å². The van der Waals surface area contributed by atoms with E-state index in [4.69, 9.17) is 52.1 Å². The maximum absolute atomic E-state index is 13.1. The highest BCUT2D eigenvalue weighted by Gasteiger charge is 2.30. The van der Waals surface area contributed by atoms with Crippen molar-refractivity contribution >= 4 is 17.3 Å². The lowest BCUT2D eigenvalue weighted by atomic mass is 10.1. The van der Waals surface area contributed by atoms with Crippen molar-refractivity contribution in [1.82, 2.24) is 0 Å². The number of carbonyl (C=O) groups is 1. The van der Waals surface area contributed by atoms with Crippen LogP contribution in [0.5, 0.6) is 0 Å². The Kier molecular flexibility index (Phi) is 28.3. The average Bonchev–Trinajstić information content (AvgIpc) is 3.18. The third-order valence-corrected chi connectivity index (χ3v) is 7.52. The number of para-hydroxylation sites is 1. The highest BCUT2D eigenvalue weighted by atomic mass is 19.4. The molecule has 0 amide bonds. The number of anilines is 2. The van der Waals surface area contributed by atoms with Crippen LogP contribution in [0, 0.1) is 5.92 Å². The van der Waals surface area contributed by atoms with Gasteiger partial charge in [-0.3, -0.25) is 0 Å². The molecule has 0 fully saturated rings. The fourth-order valence-corrected chi connectivity index (χ4v) is 4.35. The number of nitrogens with one attached hydrogen (secondary N) is 1.